The molecule has 2 aromatic rings. The summed E-state index contributed by atoms with van der Waals surface area (Å²) >= 11 is 0. The molecule has 1 aromatic carbocycles. The van der Waals surface area contributed by atoms with Gasteiger partial charge in [0.05, 0.1) is 17.4 Å². The largest absolute Gasteiger partial charge is 0.418 e. The first-order valence-corrected chi connectivity index (χ1v) is 7.59. The van der Waals surface area contributed by atoms with Crippen molar-refractivity contribution >= 4 is 5.91 Å². The molecular weight excluding hydrogens is 335 g/mol. The lowest BCUT2D eigenvalue weighted by Gasteiger charge is -2.28. The number of nitrogens with zero attached hydrogens (tertiary/aromatic N) is 4. The number of hydrogen-bond donors (Lipinski definition) is 1. The van der Waals surface area contributed by atoms with E-state index in [4.69, 9.17) is 5.73 Å². The number of halogens is 3. The van der Waals surface area contributed by atoms with Crippen LogP contribution in [0.1, 0.15) is 29.9 Å². The molecule has 0 spiro atoms. The number of benzene rings is 1. The van der Waals surface area contributed by atoms with Gasteiger partial charge in [-0.1, -0.05) is 31.2 Å². The van der Waals surface area contributed by atoms with Gasteiger partial charge < -0.3 is 10.6 Å². The molecule has 0 unspecified atom stereocenters. The third-order valence-electron chi connectivity index (χ3n) is 3.73. The fourth-order valence-electron chi connectivity index (χ4n) is 2.37. The van der Waals surface area contributed by atoms with Crippen molar-refractivity contribution in [1.82, 2.24) is 19.9 Å². The molecule has 25 heavy (non-hydrogen) atoms. The molecule has 6 nitrogen and oxygen atoms in total. The van der Waals surface area contributed by atoms with Gasteiger partial charge in [-0.05, 0) is 24.1 Å². The molecule has 1 aromatic heterocycles. The summed E-state index contributed by atoms with van der Waals surface area (Å²) in [6, 6.07) is 4.98. The fraction of sp³-hybridized carbons (Fsp3) is 0.438. The van der Waals surface area contributed by atoms with Crippen LogP contribution in [-0.4, -0.2) is 45.9 Å². The van der Waals surface area contributed by atoms with Gasteiger partial charge in [-0.15, -0.1) is 5.10 Å². The Morgan fingerprint density at radius 2 is 1.92 bits per heavy atom. The molecule has 136 valence electrons. The standard InChI is InChI=1S/C16H20F3N5O/c1-15(2,9-20)10-23(3)14(25)12-8-24(22-21-12)13-7-5-4-6-11(13)16(17,18)19/h4-8H,9-10,20H2,1-3H3. The Balaban J connectivity index is 2.28. The van der Waals surface area contributed by atoms with Crippen LogP contribution in [0.15, 0.2) is 30.5 Å². The number of hydrogen-bond acceptors (Lipinski definition) is 4. The van der Waals surface area contributed by atoms with Crippen molar-refractivity contribution < 1.29 is 18.0 Å². The van der Waals surface area contributed by atoms with Crippen LogP contribution in [0.4, 0.5) is 13.2 Å². The van der Waals surface area contributed by atoms with Crippen LogP contribution in [0.3, 0.4) is 0 Å². The maximum atomic E-state index is 13.1. The maximum absolute atomic E-state index is 13.1. The highest BCUT2D eigenvalue weighted by Gasteiger charge is 2.34. The number of para-hydroxylation sites is 1. The topological polar surface area (TPSA) is 77.0 Å². The molecule has 0 saturated carbocycles. The molecule has 9 heteroatoms. The predicted molar refractivity (Wildman–Crippen MR) is 86.2 cm³/mol. The Bertz CT molecular complexity index is 754. The first-order valence-electron chi connectivity index (χ1n) is 7.59. The Morgan fingerprint density at radius 3 is 2.52 bits per heavy atom. The summed E-state index contributed by atoms with van der Waals surface area (Å²) in [4.78, 5) is 13.8. The van der Waals surface area contributed by atoms with Crippen molar-refractivity contribution in [2.75, 3.05) is 20.1 Å². The van der Waals surface area contributed by atoms with Crippen LogP contribution in [0.2, 0.25) is 0 Å². The van der Waals surface area contributed by atoms with Gasteiger partial charge in [-0.25, -0.2) is 4.68 Å². The van der Waals surface area contributed by atoms with Crippen LogP contribution in [0.5, 0.6) is 0 Å². The highest BCUT2D eigenvalue weighted by atomic mass is 19.4. The summed E-state index contributed by atoms with van der Waals surface area (Å²) in [7, 11) is 1.59. The van der Waals surface area contributed by atoms with E-state index in [0.717, 1.165) is 10.7 Å². The zero-order valence-corrected chi connectivity index (χ0v) is 14.2. The number of carbonyl (C=O) groups is 1. The van der Waals surface area contributed by atoms with Gasteiger partial charge in [0.25, 0.3) is 5.91 Å². The van der Waals surface area contributed by atoms with E-state index in [1.54, 1.807) is 7.05 Å². The minimum Gasteiger partial charge on any atom is -0.340 e. The lowest BCUT2D eigenvalue weighted by molar-refractivity contribution is -0.137. The van der Waals surface area contributed by atoms with Crippen molar-refractivity contribution in [3.05, 3.63) is 41.7 Å². The smallest absolute Gasteiger partial charge is 0.340 e. The fourth-order valence-corrected chi connectivity index (χ4v) is 2.37. The molecule has 1 heterocycles. The number of alkyl halides is 3. The average molecular weight is 355 g/mol. The second-order valence-corrected chi connectivity index (χ2v) is 6.59. The number of aromatic nitrogens is 3. The lowest BCUT2D eigenvalue weighted by atomic mass is 9.93. The van der Waals surface area contributed by atoms with Crippen molar-refractivity contribution in [2.24, 2.45) is 11.1 Å². The number of amides is 1. The highest BCUT2D eigenvalue weighted by Crippen LogP contribution is 2.33. The summed E-state index contributed by atoms with van der Waals surface area (Å²) in [5.74, 6) is -0.433. The van der Waals surface area contributed by atoms with Crippen molar-refractivity contribution in [2.45, 2.75) is 20.0 Å². The molecule has 0 radical (unpaired) electrons. The summed E-state index contributed by atoms with van der Waals surface area (Å²) in [5.41, 5.74) is 4.29. The molecule has 0 bridgehead atoms. The minimum atomic E-state index is -4.53. The SMILES string of the molecule is CN(CC(C)(C)CN)C(=O)c1cn(-c2ccccc2C(F)(F)F)nn1. The third kappa shape index (κ3) is 4.36. The summed E-state index contributed by atoms with van der Waals surface area (Å²) in [6.07, 6.45) is -3.34. The Labute approximate surface area is 143 Å². The van der Waals surface area contributed by atoms with Gasteiger partial charge in [0.1, 0.15) is 0 Å². The minimum absolute atomic E-state index is 0.0349. The first-order chi connectivity index (χ1) is 11.5. The molecule has 0 fully saturated rings. The second kappa shape index (κ2) is 6.83. The van der Waals surface area contributed by atoms with E-state index in [1.165, 1.54) is 29.3 Å². The van der Waals surface area contributed by atoms with Crippen LogP contribution >= 0.6 is 0 Å². The van der Waals surface area contributed by atoms with E-state index in [2.05, 4.69) is 10.3 Å². The molecule has 0 aliphatic rings. The molecule has 1 amide bonds. The van der Waals surface area contributed by atoms with E-state index in [1.807, 2.05) is 13.8 Å². The van der Waals surface area contributed by atoms with E-state index >= 15 is 0 Å². The van der Waals surface area contributed by atoms with Gasteiger partial charge in [0, 0.05) is 13.6 Å². The third-order valence-corrected chi connectivity index (χ3v) is 3.73. The molecular formula is C16H20F3N5O. The predicted octanol–water partition coefficient (Wildman–Crippen LogP) is 2.34. The van der Waals surface area contributed by atoms with Gasteiger partial charge in [0.15, 0.2) is 5.69 Å². The number of carbonyl (C=O) groups excluding carboxylic acids is 1. The first kappa shape index (κ1) is 18.9. The van der Waals surface area contributed by atoms with E-state index in [0.29, 0.717) is 13.1 Å². The van der Waals surface area contributed by atoms with Gasteiger partial charge in [-0.3, -0.25) is 4.79 Å². The monoisotopic (exact) mass is 355 g/mol. The van der Waals surface area contributed by atoms with Gasteiger partial charge in [0.2, 0.25) is 0 Å². The van der Waals surface area contributed by atoms with E-state index in [9.17, 15) is 18.0 Å². The molecule has 0 aliphatic carbocycles. The zero-order chi connectivity index (χ0) is 18.8. The molecule has 0 atom stereocenters. The molecule has 0 aliphatic heterocycles. The lowest BCUT2D eigenvalue weighted by Crippen LogP contribution is -2.39. The van der Waals surface area contributed by atoms with Crippen LogP contribution in [0, 0.1) is 5.41 Å². The van der Waals surface area contributed by atoms with E-state index < -0.39 is 17.6 Å². The van der Waals surface area contributed by atoms with Crippen molar-refractivity contribution in [1.29, 1.82) is 0 Å². The normalized spacial score (nSPS) is 12.3. The molecule has 2 N–H and O–H groups in total. The Kier molecular flexibility index (Phi) is 5.17. The second-order valence-electron chi connectivity index (χ2n) is 6.59. The molecule has 2 rings (SSSR count). The zero-order valence-electron chi connectivity index (χ0n) is 14.2. The summed E-state index contributed by atoms with van der Waals surface area (Å²) in [5, 5.41) is 7.39. The van der Waals surface area contributed by atoms with E-state index in [-0.39, 0.29) is 16.8 Å². The van der Waals surface area contributed by atoms with Crippen molar-refractivity contribution in [3.8, 4) is 5.69 Å². The molecule has 0 saturated heterocycles. The summed E-state index contributed by atoms with van der Waals surface area (Å²) in [6.45, 7) is 4.59. The number of rotatable bonds is 5. The van der Waals surface area contributed by atoms with Crippen molar-refractivity contribution in [3.63, 3.8) is 0 Å². The van der Waals surface area contributed by atoms with Crippen LogP contribution in [-0.2, 0) is 6.18 Å². The van der Waals surface area contributed by atoms with Gasteiger partial charge in [-0.2, -0.15) is 13.2 Å². The maximum Gasteiger partial charge on any atom is 0.418 e. The number of nitrogens with two attached hydrogens (primary N) is 1. The summed E-state index contributed by atoms with van der Waals surface area (Å²) < 4.78 is 40.3. The quantitative estimate of drug-likeness (QED) is 0.893. The van der Waals surface area contributed by atoms with Crippen LogP contribution in [0.25, 0.3) is 5.69 Å². The average Bonchev–Trinajstić information content (AvgIpc) is 3.02. The Hall–Kier alpha value is -2.42. The van der Waals surface area contributed by atoms with Crippen LogP contribution < -0.4 is 5.73 Å². The van der Waals surface area contributed by atoms with Gasteiger partial charge >= 0.3 is 6.18 Å². The highest BCUT2D eigenvalue weighted by molar-refractivity contribution is 5.91. The Morgan fingerprint density at radius 1 is 1.28 bits per heavy atom.